The van der Waals surface area contributed by atoms with Gasteiger partial charge in [0.25, 0.3) is 0 Å². The molecule has 0 saturated carbocycles. The zero-order valence-corrected chi connectivity index (χ0v) is 21.8. The highest BCUT2D eigenvalue weighted by molar-refractivity contribution is 7.92. The maximum absolute atomic E-state index is 14.6. The lowest BCUT2D eigenvalue weighted by atomic mass is 10.0. The number of carbonyl (C=O) groups excluding carboxylic acids is 2. The predicted molar refractivity (Wildman–Crippen MR) is 143 cm³/mol. The van der Waals surface area contributed by atoms with Gasteiger partial charge in [0, 0.05) is 19.5 Å². The molecule has 0 fully saturated rings. The summed E-state index contributed by atoms with van der Waals surface area (Å²) in [6.07, 6.45) is 1.86. The molecule has 3 aromatic rings. The average Bonchev–Trinajstić information content (AvgIpc) is 2.89. The van der Waals surface area contributed by atoms with Crippen molar-refractivity contribution in [3.05, 3.63) is 102 Å². The lowest BCUT2D eigenvalue weighted by Gasteiger charge is -2.33. The molecule has 0 heterocycles. The van der Waals surface area contributed by atoms with E-state index in [0.29, 0.717) is 13.0 Å². The number of para-hydroxylation sites is 1. The summed E-state index contributed by atoms with van der Waals surface area (Å²) in [5, 5.41) is 2.87. The number of nitrogens with one attached hydrogen (secondary N) is 1. The number of sulfonamides is 1. The Morgan fingerprint density at radius 2 is 1.46 bits per heavy atom. The second-order valence-electron chi connectivity index (χ2n) is 8.72. The number of hydrogen-bond donors (Lipinski definition) is 1. The number of rotatable bonds is 12. The van der Waals surface area contributed by atoms with E-state index in [2.05, 4.69) is 5.32 Å². The smallest absolute Gasteiger partial charge is 0.244 e. The van der Waals surface area contributed by atoms with Crippen molar-refractivity contribution >= 4 is 27.5 Å². The van der Waals surface area contributed by atoms with Crippen LogP contribution in [0.15, 0.2) is 84.9 Å². The molecule has 0 aliphatic heterocycles. The van der Waals surface area contributed by atoms with Crippen molar-refractivity contribution in [2.75, 3.05) is 23.7 Å². The predicted octanol–water partition coefficient (Wildman–Crippen LogP) is 3.76. The van der Waals surface area contributed by atoms with Crippen molar-refractivity contribution in [2.24, 2.45) is 0 Å². The molecule has 0 unspecified atom stereocenters. The van der Waals surface area contributed by atoms with Gasteiger partial charge in [-0.1, -0.05) is 79.7 Å². The van der Waals surface area contributed by atoms with E-state index in [0.717, 1.165) is 27.8 Å². The van der Waals surface area contributed by atoms with Crippen LogP contribution in [0.2, 0.25) is 0 Å². The van der Waals surface area contributed by atoms with E-state index in [4.69, 9.17) is 0 Å². The van der Waals surface area contributed by atoms with E-state index < -0.39 is 34.3 Å². The third kappa shape index (κ3) is 7.88. The van der Waals surface area contributed by atoms with E-state index in [9.17, 15) is 22.4 Å². The summed E-state index contributed by atoms with van der Waals surface area (Å²) >= 11 is 0. The summed E-state index contributed by atoms with van der Waals surface area (Å²) in [6.45, 7) is 1.78. The van der Waals surface area contributed by atoms with Gasteiger partial charge in [0.15, 0.2) is 0 Å². The van der Waals surface area contributed by atoms with Crippen LogP contribution in [0, 0.1) is 5.82 Å². The molecule has 0 saturated heterocycles. The molecule has 9 heteroatoms. The van der Waals surface area contributed by atoms with Gasteiger partial charge in [0.05, 0.1) is 11.9 Å². The Labute approximate surface area is 218 Å². The Balaban J connectivity index is 2.03. The molecule has 3 aromatic carbocycles. The zero-order valence-electron chi connectivity index (χ0n) is 21.0. The summed E-state index contributed by atoms with van der Waals surface area (Å²) in [5.74, 6) is -1.73. The van der Waals surface area contributed by atoms with Crippen LogP contribution in [0.5, 0.6) is 0 Å². The number of anilines is 1. The normalized spacial score (nSPS) is 12.0. The van der Waals surface area contributed by atoms with Crippen LogP contribution in [0.25, 0.3) is 0 Å². The monoisotopic (exact) mass is 525 g/mol. The summed E-state index contributed by atoms with van der Waals surface area (Å²) in [6, 6.07) is 22.9. The van der Waals surface area contributed by atoms with Gasteiger partial charge in [-0.3, -0.25) is 13.9 Å². The number of hydrogen-bond acceptors (Lipinski definition) is 4. The molecule has 0 aliphatic carbocycles. The largest absolute Gasteiger partial charge is 0.354 e. The first-order chi connectivity index (χ1) is 17.7. The van der Waals surface area contributed by atoms with Gasteiger partial charge in [0.2, 0.25) is 21.8 Å². The fraction of sp³-hybridized carbons (Fsp3) is 0.286. The molecular weight excluding hydrogens is 493 g/mol. The third-order valence-corrected chi connectivity index (χ3v) is 6.94. The molecule has 7 nitrogen and oxygen atoms in total. The van der Waals surface area contributed by atoms with Crippen LogP contribution in [0.1, 0.15) is 24.5 Å². The van der Waals surface area contributed by atoms with Crippen molar-refractivity contribution in [3.8, 4) is 0 Å². The van der Waals surface area contributed by atoms with Crippen molar-refractivity contribution < 1.29 is 22.4 Å². The molecule has 0 radical (unpaired) electrons. The minimum Gasteiger partial charge on any atom is -0.354 e. The van der Waals surface area contributed by atoms with Gasteiger partial charge in [-0.05, 0) is 29.7 Å². The van der Waals surface area contributed by atoms with Crippen LogP contribution < -0.4 is 9.62 Å². The first-order valence-electron chi connectivity index (χ1n) is 12.1. The molecule has 196 valence electrons. The molecule has 2 amide bonds. The molecule has 0 aromatic heterocycles. The molecule has 3 rings (SSSR count). The number of amides is 2. The summed E-state index contributed by atoms with van der Waals surface area (Å²) in [7, 11) is -4.02. The number of carbonyl (C=O) groups is 2. The van der Waals surface area contributed by atoms with Crippen LogP contribution in [-0.4, -0.2) is 50.5 Å². The second-order valence-corrected chi connectivity index (χ2v) is 10.6. The standard InChI is InChI=1S/C28H32FN3O4S/c1-3-18-30-28(34)26(19-22-12-6-4-7-13-22)31(20-23-14-8-5-9-15-23)27(33)21-32(37(2,35)36)25-17-11-10-16-24(25)29/h4-17,26H,3,18-21H2,1-2H3,(H,30,34)/t26-/m1/s1. The second kappa shape index (κ2) is 13.0. The lowest BCUT2D eigenvalue weighted by Crippen LogP contribution is -2.53. The first kappa shape index (κ1) is 27.9. The van der Waals surface area contributed by atoms with Gasteiger partial charge >= 0.3 is 0 Å². The minimum absolute atomic E-state index is 0.0750. The Morgan fingerprint density at radius 1 is 0.892 bits per heavy atom. The SMILES string of the molecule is CCCNC(=O)[C@@H](Cc1ccccc1)N(Cc1ccccc1)C(=O)CN(c1ccccc1F)S(C)(=O)=O. The lowest BCUT2D eigenvalue weighted by molar-refractivity contribution is -0.140. The Kier molecular flexibility index (Phi) is 9.79. The van der Waals surface area contributed by atoms with E-state index in [1.54, 1.807) is 0 Å². The fourth-order valence-electron chi connectivity index (χ4n) is 3.95. The highest BCUT2D eigenvalue weighted by atomic mass is 32.2. The third-order valence-electron chi connectivity index (χ3n) is 5.82. The van der Waals surface area contributed by atoms with Crippen molar-refractivity contribution in [2.45, 2.75) is 32.4 Å². The van der Waals surface area contributed by atoms with E-state index in [-0.39, 0.29) is 24.6 Å². The molecule has 1 atom stereocenters. The topological polar surface area (TPSA) is 86.8 Å². The highest BCUT2D eigenvalue weighted by Gasteiger charge is 2.33. The van der Waals surface area contributed by atoms with Gasteiger partial charge in [0.1, 0.15) is 18.4 Å². The summed E-state index contributed by atoms with van der Waals surface area (Å²) < 4.78 is 40.6. The van der Waals surface area contributed by atoms with Crippen molar-refractivity contribution in [1.82, 2.24) is 10.2 Å². The summed E-state index contributed by atoms with van der Waals surface area (Å²) in [5.41, 5.74) is 1.39. The van der Waals surface area contributed by atoms with Crippen LogP contribution in [-0.2, 0) is 32.6 Å². The average molecular weight is 526 g/mol. The van der Waals surface area contributed by atoms with Crippen LogP contribution >= 0.6 is 0 Å². The fourth-order valence-corrected chi connectivity index (χ4v) is 4.80. The van der Waals surface area contributed by atoms with Gasteiger partial charge < -0.3 is 10.2 Å². The number of benzene rings is 3. The molecule has 0 bridgehead atoms. The minimum atomic E-state index is -4.02. The van der Waals surface area contributed by atoms with Gasteiger partial charge in [-0.25, -0.2) is 12.8 Å². The molecule has 1 N–H and O–H groups in total. The van der Waals surface area contributed by atoms with E-state index >= 15 is 0 Å². The Morgan fingerprint density at radius 3 is 2.03 bits per heavy atom. The molecule has 0 aliphatic rings. The zero-order chi connectivity index (χ0) is 26.8. The highest BCUT2D eigenvalue weighted by Crippen LogP contribution is 2.23. The number of halogens is 1. The Hall–Kier alpha value is -3.72. The van der Waals surface area contributed by atoms with E-state index in [1.165, 1.54) is 23.1 Å². The van der Waals surface area contributed by atoms with E-state index in [1.807, 2.05) is 67.6 Å². The molecule has 37 heavy (non-hydrogen) atoms. The van der Waals surface area contributed by atoms with Gasteiger partial charge in [-0.15, -0.1) is 0 Å². The molecular formula is C28H32FN3O4S. The van der Waals surface area contributed by atoms with Crippen molar-refractivity contribution in [3.63, 3.8) is 0 Å². The van der Waals surface area contributed by atoms with Crippen LogP contribution in [0.3, 0.4) is 0 Å². The van der Waals surface area contributed by atoms with Gasteiger partial charge in [-0.2, -0.15) is 0 Å². The quantitative estimate of drug-likeness (QED) is 0.390. The maximum Gasteiger partial charge on any atom is 0.244 e. The van der Waals surface area contributed by atoms with Crippen LogP contribution in [0.4, 0.5) is 10.1 Å². The summed E-state index contributed by atoms with van der Waals surface area (Å²) in [4.78, 5) is 28.6. The number of nitrogens with zero attached hydrogens (tertiary/aromatic N) is 2. The maximum atomic E-state index is 14.6. The molecule has 0 spiro atoms. The Bertz CT molecular complexity index is 1290. The first-order valence-corrected chi connectivity index (χ1v) is 13.9. The van der Waals surface area contributed by atoms with Crippen molar-refractivity contribution in [1.29, 1.82) is 0 Å².